The minimum absolute atomic E-state index is 0.0299. The Labute approximate surface area is 208 Å². The first-order valence-electron chi connectivity index (χ1n) is 11.7. The molecule has 2 aromatic carbocycles. The third-order valence-electron chi connectivity index (χ3n) is 6.05. The van der Waals surface area contributed by atoms with Crippen LogP contribution in [0, 0.1) is 18.8 Å². The van der Waals surface area contributed by atoms with Crippen LogP contribution in [-0.2, 0) is 13.2 Å². The van der Waals surface area contributed by atoms with E-state index in [1.165, 1.54) is 12.1 Å². The van der Waals surface area contributed by atoms with Crippen molar-refractivity contribution in [3.05, 3.63) is 76.9 Å². The van der Waals surface area contributed by atoms with Gasteiger partial charge in [0.1, 0.15) is 18.1 Å². The number of halogens is 3. The second-order valence-electron chi connectivity index (χ2n) is 8.73. The minimum Gasteiger partial charge on any atom is -0.492 e. The molecule has 1 N–H and O–H groups in total. The number of carbonyl (C=O) groups is 1. The van der Waals surface area contributed by atoms with Gasteiger partial charge in [-0.05, 0) is 74.7 Å². The van der Waals surface area contributed by atoms with Gasteiger partial charge in [0.05, 0.1) is 18.1 Å². The zero-order valence-electron chi connectivity index (χ0n) is 20.2. The van der Waals surface area contributed by atoms with Crippen molar-refractivity contribution in [2.45, 2.75) is 25.9 Å². The molecule has 0 unspecified atom stereocenters. The van der Waals surface area contributed by atoms with Gasteiger partial charge in [-0.15, -0.1) is 0 Å². The summed E-state index contributed by atoms with van der Waals surface area (Å²) in [7, 11) is 1.83. The number of imidazole rings is 1. The minimum atomic E-state index is -4.62. The summed E-state index contributed by atoms with van der Waals surface area (Å²) in [5.41, 5.74) is 1.62. The quantitative estimate of drug-likeness (QED) is 0.495. The Balaban J connectivity index is 1.48. The van der Waals surface area contributed by atoms with Crippen LogP contribution < -0.4 is 10.1 Å². The highest BCUT2D eigenvalue weighted by Crippen LogP contribution is 2.38. The van der Waals surface area contributed by atoms with Crippen molar-refractivity contribution in [3.8, 4) is 17.6 Å². The molecule has 1 amide bonds. The van der Waals surface area contributed by atoms with Crippen LogP contribution in [0.25, 0.3) is 0 Å². The molecule has 3 aromatic rings. The molecular weight excluding hydrogens is 469 g/mol. The fourth-order valence-electron chi connectivity index (χ4n) is 3.96. The monoisotopic (exact) mass is 496 g/mol. The number of hydrogen-bond donors (Lipinski definition) is 1. The van der Waals surface area contributed by atoms with Gasteiger partial charge in [-0.3, -0.25) is 9.69 Å². The molecule has 4 rings (SSSR count). The highest BCUT2D eigenvalue weighted by Gasteiger charge is 2.35. The van der Waals surface area contributed by atoms with E-state index in [-0.39, 0.29) is 23.6 Å². The largest absolute Gasteiger partial charge is 0.492 e. The zero-order chi connectivity index (χ0) is 25.7. The van der Waals surface area contributed by atoms with Crippen LogP contribution in [0.4, 0.5) is 18.9 Å². The van der Waals surface area contributed by atoms with Crippen LogP contribution in [0.2, 0.25) is 0 Å². The van der Waals surface area contributed by atoms with E-state index in [0.29, 0.717) is 17.8 Å². The van der Waals surface area contributed by atoms with Gasteiger partial charge in [-0.2, -0.15) is 13.2 Å². The standard InChI is InChI=1S/C27H27F3N4O2/c1-19-5-6-21(15-20(19)7-9-23-17-31-18-33(23)2)26(35)32-22-8-10-25(24(16-22)27(28,29)30)36-14-13-34-11-3-4-12-34/h5-6,8,10,15-18H,3-4,11-14H2,1-2H3,(H,32,35). The van der Waals surface area contributed by atoms with E-state index in [1.54, 1.807) is 35.3 Å². The summed E-state index contributed by atoms with van der Waals surface area (Å²) in [6.45, 7) is 4.50. The lowest BCUT2D eigenvalue weighted by atomic mass is 10.0. The number of carbonyl (C=O) groups excluding carboxylic acids is 1. The van der Waals surface area contributed by atoms with Gasteiger partial charge in [0.2, 0.25) is 0 Å². The van der Waals surface area contributed by atoms with Crippen molar-refractivity contribution in [1.29, 1.82) is 0 Å². The first kappa shape index (κ1) is 25.3. The number of hydrogen-bond acceptors (Lipinski definition) is 4. The first-order chi connectivity index (χ1) is 17.2. The number of aryl methyl sites for hydroxylation is 2. The van der Waals surface area contributed by atoms with Crippen LogP contribution in [0.3, 0.4) is 0 Å². The molecule has 0 radical (unpaired) electrons. The Morgan fingerprint density at radius 1 is 1.14 bits per heavy atom. The Morgan fingerprint density at radius 2 is 1.92 bits per heavy atom. The number of likely N-dealkylation sites (tertiary alicyclic amines) is 1. The number of nitrogens with zero attached hydrogens (tertiary/aromatic N) is 3. The van der Waals surface area contributed by atoms with Gasteiger partial charge in [-0.1, -0.05) is 12.0 Å². The molecule has 0 bridgehead atoms. The number of aromatic nitrogens is 2. The molecular formula is C27H27F3N4O2. The molecule has 1 saturated heterocycles. The third-order valence-corrected chi connectivity index (χ3v) is 6.05. The van der Waals surface area contributed by atoms with Crippen molar-refractivity contribution in [2.75, 3.05) is 31.6 Å². The summed E-state index contributed by atoms with van der Waals surface area (Å²) in [5.74, 6) is 5.26. The van der Waals surface area contributed by atoms with Crippen molar-refractivity contribution < 1.29 is 22.7 Å². The maximum Gasteiger partial charge on any atom is 0.420 e. The molecule has 9 heteroatoms. The number of anilines is 1. The van der Waals surface area contributed by atoms with Crippen LogP contribution >= 0.6 is 0 Å². The number of rotatable bonds is 6. The van der Waals surface area contributed by atoms with Crippen LogP contribution in [-0.4, -0.2) is 46.6 Å². The van der Waals surface area contributed by atoms with E-state index in [4.69, 9.17) is 4.74 Å². The molecule has 1 aliphatic rings. The highest BCUT2D eigenvalue weighted by atomic mass is 19.4. The van der Waals surface area contributed by atoms with E-state index >= 15 is 0 Å². The van der Waals surface area contributed by atoms with Gasteiger partial charge < -0.3 is 14.6 Å². The van der Waals surface area contributed by atoms with E-state index in [9.17, 15) is 18.0 Å². The van der Waals surface area contributed by atoms with Crippen molar-refractivity contribution in [1.82, 2.24) is 14.5 Å². The van der Waals surface area contributed by atoms with Gasteiger partial charge >= 0.3 is 6.18 Å². The molecule has 0 saturated carbocycles. The highest BCUT2D eigenvalue weighted by molar-refractivity contribution is 6.04. The zero-order valence-corrected chi connectivity index (χ0v) is 20.2. The second kappa shape index (κ2) is 10.9. The maximum absolute atomic E-state index is 13.7. The Bertz CT molecular complexity index is 1300. The predicted octanol–water partition coefficient (Wildman–Crippen LogP) is 4.87. The molecule has 0 spiro atoms. The number of benzene rings is 2. The lowest BCUT2D eigenvalue weighted by Gasteiger charge is -2.18. The van der Waals surface area contributed by atoms with Crippen LogP contribution in [0.15, 0.2) is 48.9 Å². The topological polar surface area (TPSA) is 59.4 Å². The average molecular weight is 497 g/mol. The summed E-state index contributed by atoms with van der Waals surface area (Å²) in [6, 6.07) is 8.55. The molecule has 6 nitrogen and oxygen atoms in total. The fraction of sp³-hybridized carbons (Fsp3) is 0.333. The van der Waals surface area contributed by atoms with E-state index in [2.05, 4.69) is 27.0 Å². The van der Waals surface area contributed by atoms with Gasteiger partial charge in [0.15, 0.2) is 0 Å². The summed E-state index contributed by atoms with van der Waals surface area (Å²) in [5, 5.41) is 2.56. The Kier molecular flexibility index (Phi) is 7.65. The summed E-state index contributed by atoms with van der Waals surface area (Å²) in [6.07, 6.45) is 0.849. The molecule has 188 valence electrons. The molecule has 1 fully saturated rings. The van der Waals surface area contributed by atoms with Gasteiger partial charge in [0, 0.05) is 30.4 Å². The smallest absolute Gasteiger partial charge is 0.420 e. The molecule has 0 atom stereocenters. The summed E-state index contributed by atoms with van der Waals surface area (Å²) < 4.78 is 48.4. The Hall–Kier alpha value is -3.77. The molecule has 36 heavy (non-hydrogen) atoms. The normalized spacial score (nSPS) is 13.8. The second-order valence-corrected chi connectivity index (χ2v) is 8.73. The van der Waals surface area contributed by atoms with Crippen molar-refractivity contribution >= 4 is 11.6 Å². The lowest BCUT2D eigenvalue weighted by molar-refractivity contribution is -0.138. The molecule has 1 aliphatic heterocycles. The summed E-state index contributed by atoms with van der Waals surface area (Å²) >= 11 is 0. The maximum atomic E-state index is 13.7. The van der Waals surface area contributed by atoms with E-state index < -0.39 is 17.6 Å². The number of amides is 1. The third kappa shape index (κ3) is 6.26. The molecule has 1 aromatic heterocycles. The molecule has 0 aliphatic carbocycles. The van der Waals surface area contributed by atoms with Gasteiger partial charge in [-0.25, -0.2) is 4.98 Å². The molecule has 2 heterocycles. The van der Waals surface area contributed by atoms with E-state index in [1.807, 2.05) is 14.0 Å². The Morgan fingerprint density at radius 3 is 2.61 bits per heavy atom. The predicted molar refractivity (Wildman–Crippen MR) is 131 cm³/mol. The number of nitrogens with one attached hydrogen (secondary N) is 1. The first-order valence-corrected chi connectivity index (χ1v) is 11.7. The SMILES string of the molecule is Cc1ccc(C(=O)Nc2ccc(OCCN3CCCC3)c(C(F)(F)F)c2)cc1C#Cc1cncn1C. The van der Waals surface area contributed by atoms with Gasteiger partial charge in [0.25, 0.3) is 5.91 Å². The summed E-state index contributed by atoms with van der Waals surface area (Å²) in [4.78, 5) is 19.0. The average Bonchev–Trinajstić information content (AvgIpc) is 3.50. The lowest BCUT2D eigenvalue weighted by Crippen LogP contribution is -2.25. The van der Waals surface area contributed by atoms with E-state index in [0.717, 1.165) is 37.6 Å². The number of ether oxygens (including phenoxy) is 1. The van der Waals surface area contributed by atoms with Crippen molar-refractivity contribution in [2.24, 2.45) is 7.05 Å². The number of alkyl halides is 3. The van der Waals surface area contributed by atoms with Crippen LogP contribution in [0.5, 0.6) is 5.75 Å². The van der Waals surface area contributed by atoms with Crippen LogP contribution in [0.1, 0.15) is 45.6 Å². The fourth-order valence-corrected chi connectivity index (χ4v) is 3.96. The van der Waals surface area contributed by atoms with Crippen molar-refractivity contribution in [3.63, 3.8) is 0 Å².